The molecule has 0 aliphatic rings. The molecule has 0 N–H and O–H groups in total. The molecule has 0 bridgehead atoms. The van der Waals surface area contributed by atoms with Crippen LogP contribution in [-0.2, 0) is 7.05 Å². The van der Waals surface area contributed by atoms with E-state index >= 15 is 0 Å². The minimum Gasteiger partial charge on any atom is -0.496 e. The highest BCUT2D eigenvalue weighted by molar-refractivity contribution is 6.08. The molecule has 1 heterocycles. The molecule has 0 spiro atoms. The fourth-order valence-corrected chi connectivity index (χ4v) is 1.81. The molecule has 0 radical (unpaired) electrons. The predicted molar refractivity (Wildman–Crippen MR) is 66.6 cm³/mol. The first-order valence-corrected chi connectivity index (χ1v) is 5.44. The standard InChI is InChI=1S/C14H15NO2/c1-10-6-7-11(9-13(10)17-3)14(16)12-5-4-8-15(12)2/h4-9H,1-3H3. The number of nitrogens with zero attached hydrogens (tertiary/aromatic N) is 1. The van der Waals surface area contributed by atoms with Crippen molar-refractivity contribution in [1.82, 2.24) is 4.57 Å². The van der Waals surface area contributed by atoms with E-state index in [1.807, 2.05) is 49.0 Å². The molecule has 2 aromatic rings. The molecule has 88 valence electrons. The van der Waals surface area contributed by atoms with Crippen molar-refractivity contribution in [3.63, 3.8) is 0 Å². The first-order valence-electron chi connectivity index (χ1n) is 5.44. The summed E-state index contributed by atoms with van der Waals surface area (Å²) in [6.45, 7) is 1.95. The van der Waals surface area contributed by atoms with Gasteiger partial charge in [0.05, 0.1) is 12.8 Å². The maximum absolute atomic E-state index is 12.2. The first kappa shape index (κ1) is 11.5. The second-order valence-corrected chi connectivity index (χ2v) is 4.02. The van der Waals surface area contributed by atoms with Crippen LogP contribution < -0.4 is 4.74 Å². The van der Waals surface area contributed by atoms with Crippen molar-refractivity contribution in [2.75, 3.05) is 7.11 Å². The molecule has 0 saturated heterocycles. The Balaban J connectivity index is 2.41. The summed E-state index contributed by atoms with van der Waals surface area (Å²) in [6, 6.07) is 9.18. The Labute approximate surface area is 101 Å². The van der Waals surface area contributed by atoms with E-state index in [1.165, 1.54) is 0 Å². The van der Waals surface area contributed by atoms with E-state index < -0.39 is 0 Å². The van der Waals surface area contributed by atoms with Gasteiger partial charge in [0.2, 0.25) is 5.78 Å². The zero-order chi connectivity index (χ0) is 12.4. The number of methoxy groups -OCH3 is 1. The molecule has 3 heteroatoms. The lowest BCUT2D eigenvalue weighted by molar-refractivity contribution is 0.103. The van der Waals surface area contributed by atoms with Crippen molar-refractivity contribution in [1.29, 1.82) is 0 Å². The lowest BCUT2D eigenvalue weighted by Crippen LogP contribution is -2.07. The van der Waals surface area contributed by atoms with E-state index in [0.717, 1.165) is 11.3 Å². The van der Waals surface area contributed by atoms with Crippen LogP contribution >= 0.6 is 0 Å². The molecule has 1 aromatic carbocycles. The molecular formula is C14H15NO2. The van der Waals surface area contributed by atoms with Crippen LogP contribution in [0, 0.1) is 6.92 Å². The van der Waals surface area contributed by atoms with Crippen LogP contribution in [0.1, 0.15) is 21.6 Å². The largest absolute Gasteiger partial charge is 0.496 e. The van der Waals surface area contributed by atoms with Crippen LogP contribution in [0.4, 0.5) is 0 Å². The average Bonchev–Trinajstić information content (AvgIpc) is 2.75. The van der Waals surface area contributed by atoms with E-state index in [2.05, 4.69) is 0 Å². The zero-order valence-electron chi connectivity index (χ0n) is 10.2. The lowest BCUT2D eigenvalue weighted by atomic mass is 10.1. The maximum Gasteiger partial charge on any atom is 0.209 e. The van der Waals surface area contributed by atoms with Crippen molar-refractivity contribution in [2.24, 2.45) is 7.05 Å². The highest BCUT2D eigenvalue weighted by Crippen LogP contribution is 2.21. The molecule has 0 atom stereocenters. The highest BCUT2D eigenvalue weighted by Gasteiger charge is 2.13. The van der Waals surface area contributed by atoms with E-state index in [4.69, 9.17) is 4.74 Å². The van der Waals surface area contributed by atoms with Gasteiger partial charge in [-0.05, 0) is 30.7 Å². The van der Waals surface area contributed by atoms with E-state index in [1.54, 1.807) is 13.2 Å². The van der Waals surface area contributed by atoms with E-state index in [-0.39, 0.29) is 5.78 Å². The molecule has 0 saturated carbocycles. The van der Waals surface area contributed by atoms with Crippen LogP contribution in [0.3, 0.4) is 0 Å². The second kappa shape index (κ2) is 4.45. The van der Waals surface area contributed by atoms with Gasteiger partial charge in [0, 0.05) is 18.8 Å². The van der Waals surface area contributed by atoms with Gasteiger partial charge < -0.3 is 9.30 Å². The third kappa shape index (κ3) is 2.09. The maximum atomic E-state index is 12.2. The molecule has 17 heavy (non-hydrogen) atoms. The number of ketones is 1. The molecular weight excluding hydrogens is 214 g/mol. The van der Waals surface area contributed by atoms with Crippen molar-refractivity contribution in [3.8, 4) is 5.75 Å². The normalized spacial score (nSPS) is 10.3. The molecule has 1 aromatic heterocycles. The van der Waals surface area contributed by atoms with Crippen LogP contribution in [0.5, 0.6) is 5.75 Å². The summed E-state index contributed by atoms with van der Waals surface area (Å²) in [6.07, 6.45) is 1.86. The second-order valence-electron chi connectivity index (χ2n) is 4.02. The number of rotatable bonds is 3. The third-order valence-electron chi connectivity index (χ3n) is 2.85. The van der Waals surface area contributed by atoms with Crippen LogP contribution in [0.15, 0.2) is 36.5 Å². The fraction of sp³-hybridized carbons (Fsp3) is 0.214. The average molecular weight is 229 g/mol. The van der Waals surface area contributed by atoms with Gasteiger partial charge in [0.1, 0.15) is 5.75 Å². The smallest absolute Gasteiger partial charge is 0.209 e. The van der Waals surface area contributed by atoms with Crippen LogP contribution in [-0.4, -0.2) is 17.5 Å². The number of aromatic nitrogens is 1. The summed E-state index contributed by atoms with van der Waals surface area (Å²) in [5.41, 5.74) is 2.35. The molecule has 3 nitrogen and oxygen atoms in total. The van der Waals surface area contributed by atoms with Crippen molar-refractivity contribution in [2.45, 2.75) is 6.92 Å². The Bertz CT molecular complexity index is 555. The van der Waals surface area contributed by atoms with Gasteiger partial charge >= 0.3 is 0 Å². The van der Waals surface area contributed by atoms with E-state index in [0.29, 0.717) is 11.3 Å². The van der Waals surface area contributed by atoms with Crippen molar-refractivity contribution < 1.29 is 9.53 Å². The van der Waals surface area contributed by atoms with Gasteiger partial charge in [-0.2, -0.15) is 0 Å². The number of carbonyl (C=O) groups excluding carboxylic acids is 1. The van der Waals surface area contributed by atoms with Gasteiger partial charge in [-0.3, -0.25) is 4.79 Å². The van der Waals surface area contributed by atoms with E-state index in [9.17, 15) is 4.79 Å². The summed E-state index contributed by atoms with van der Waals surface area (Å²) in [7, 11) is 3.47. The Kier molecular flexibility index (Phi) is 3.00. The first-order chi connectivity index (χ1) is 8.13. The predicted octanol–water partition coefficient (Wildman–Crippen LogP) is 2.57. The minimum absolute atomic E-state index is 0.0100. The fourth-order valence-electron chi connectivity index (χ4n) is 1.81. The Hall–Kier alpha value is -2.03. The lowest BCUT2D eigenvalue weighted by Gasteiger charge is -2.07. The summed E-state index contributed by atoms with van der Waals surface area (Å²) in [5.74, 6) is 0.751. The topological polar surface area (TPSA) is 31.2 Å². The third-order valence-corrected chi connectivity index (χ3v) is 2.85. The number of hydrogen-bond acceptors (Lipinski definition) is 2. The molecule has 2 rings (SSSR count). The summed E-state index contributed by atoms with van der Waals surface area (Å²) in [5, 5.41) is 0. The van der Waals surface area contributed by atoms with Gasteiger partial charge in [-0.25, -0.2) is 0 Å². The Morgan fingerprint density at radius 2 is 2.06 bits per heavy atom. The molecule has 0 unspecified atom stereocenters. The quantitative estimate of drug-likeness (QED) is 0.757. The number of aryl methyl sites for hydroxylation is 2. The summed E-state index contributed by atoms with van der Waals surface area (Å²) < 4.78 is 7.04. The summed E-state index contributed by atoms with van der Waals surface area (Å²) >= 11 is 0. The SMILES string of the molecule is COc1cc(C(=O)c2cccn2C)ccc1C. The van der Waals surface area contributed by atoms with Gasteiger partial charge in [0.15, 0.2) is 0 Å². The molecule has 0 aliphatic carbocycles. The monoisotopic (exact) mass is 229 g/mol. The Morgan fingerprint density at radius 3 is 2.65 bits per heavy atom. The molecule has 0 amide bonds. The Morgan fingerprint density at radius 1 is 1.29 bits per heavy atom. The molecule has 0 aliphatic heterocycles. The summed E-state index contributed by atoms with van der Waals surface area (Å²) in [4.78, 5) is 12.2. The van der Waals surface area contributed by atoms with Gasteiger partial charge in [0.25, 0.3) is 0 Å². The highest BCUT2D eigenvalue weighted by atomic mass is 16.5. The minimum atomic E-state index is 0.0100. The zero-order valence-corrected chi connectivity index (χ0v) is 10.2. The van der Waals surface area contributed by atoms with Crippen molar-refractivity contribution >= 4 is 5.78 Å². The molecule has 0 fully saturated rings. The number of hydrogen-bond donors (Lipinski definition) is 0. The van der Waals surface area contributed by atoms with Crippen LogP contribution in [0.2, 0.25) is 0 Å². The van der Waals surface area contributed by atoms with Crippen LogP contribution in [0.25, 0.3) is 0 Å². The number of carbonyl (C=O) groups is 1. The van der Waals surface area contributed by atoms with Gasteiger partial charge in [-0.15, -0.1) is 0 Å². The van der Waals surface area contributed by atoms with Crippen molar-refractivity contribution in [3.05, 3.63) is 53.3 Å². The number of ether oxygens (including phenoxy) is 1. The number of benzene rings is 1. The van der Waals surface area contributed by atoms with Gasteiger partial charge in [-0.1, -0.05) is 12.1 Å².